The minimum absolute atomic E-state index is 0.534. The van der Waals surface area contributed by atoms with E-state index in [0.29, 0.717) is 17.7 Å². The van der Waals surface area contributed by atoms with E-state index < -0.39 is 0 Å². The van der Waals surface area contributed by atoms with Crippen molar-refractivity contribution in [1.82, 2.24) is 10.2 Å². The van der Waals surface area contributed by atoms with Crippen LogP contribution < -0.4 is 4.74 Å². The van der Waals surface area contributed by atoms with Crippen LogP contribution in [0.25, 0.3) is 35.1 Å². The van der Waals surface area contributed by atoms with Crippen LogP contribution in [-0.2, 0) is 6.42 Å². The van der Waals surface area contributed by atoms with E-state index in [1.807, 2.05) is 12.1 Å². The predicted molar refractivity (Wildman–Crippen MR) is 172 cm³/mol. The number of benzene rings is 3. The van der Waals surface area contributed by atoms with E-state index in [0.717, 1.165) is 59.4 Å². The molecular formula is C37H44N2O2. The van der Waals surface area contributed by atoms with Gasteiger partial charge in [0.1, 0.15) is 5.75 Å². The summed E-state index contributed by atoms with van der Waals surface area (Å²) in [5.74, 6) is 2.66. The lowest BCUT2D eigenvalue weighted by molar-refractivity contribution is 0.233. The molecule has 1 unspecified atom stereocenters. The van der Waals surface area contributed by atoms with Gasteiger partial charge in [-0.25, -0.2) is 0 Å². The van der Waals surface area contributed by atoms with Crippen LogP contribution in [0.3, 0.4) is 0 Å². The Bertz CT molecular complexity index is 1450. The molecule has 3 aromatic carbocycles. The lowest BCUT2D eigenvalue weighted by Gasteiger charge is -2.17. The summed E-state index contributed by atoms with van der Waals surface area (Å²) in [5, 5.41) is 8.69. The van der Waals surface area contributed by atoms with Crippen LogP contribution in [0, 0.1) is 19.8 Å². The average Bonchev–Trinajstić information content (AvgIpc) is 3.48. The fourth-order valence-corrected chi connectivity index (χ4v) is 4.89. The summed E-state index contributed by atoms with van der Waals surface area (Å²) in [4.78, 5) is 0. The van der Waals surface area contributed by atoms with E-state index in [1.165, 1.54) is 30.4 Å². The quantitative estimate of drug-likeness (QED) is 0.157. The molecule has 4 rings (SSSR count). The standard InChI is InChI=1S/C37H44N2O2/c1-6-9-13-29(8-3)26-40-35-25-30(19-23-32(35)12-7-2)14-10-11-15-31-20-18-28(5)24-34(31)37-39-38-36(41-37)33-21-16-27(4)17-22-33/h7,11-12,15-25,29H,6,8-10,13-14,26H2,1-5H3/b12-7+,15-11+. The smallest absolute Gasteiger partial charge is 0.248 e. The number of nitrogens with zero attached hydrogens (tertiary/aromatic N) is 2. The summed E-state index contributed by atoms with van der Waals surface area (Å²) in [6, 6.07) is 21.1. The minimum atomic E-state index is 0.534. The number of aryl methyl sites for hydroxylation is 3. The average molecular weight is 549 g/mol. The van der Waals surface area contributed by atoms with Crippen molar-refractivity contribution in [2.75, 3.05) is 6.61 Å². The third kappa shape index (κ3) is 8.53. The molecule has 4 heteroatoms. The molecule has 0 aliphatic rings. The van der Waals surface area contributed by atoms with Gasteiger partial charge >= 0.3 is 0 Å². The highest BCUT2D eigenvalue weighted by Crippen LogP contribution is 2.29. The topological polar surface area (TPSA) is 48.2 Å². The molecule has 1 atom stereocenters. The normalized spacial score (nSPS) is 12.4. The largest absolute Gasteiger partial charge is 0.493 e. The zero-order valence-electron chi connectivity index (χ0n) is 25.3. The van der Waals surface area contributed by atoms with Crippen molar-refractivity contribution in [3.8, 4) is 28.7 Å². The van der Waals surface area contributed by atoms with Crippen molar-refractivity contribution in [2.45, 2.75) is 73.1 Å². The first-order valence-corrected chi connectivity index (χ1v) is 15.1. The number of rotatable bonds is 14. The Morgan fingerprint density at radius 3 is 2.37 bits per heavy atom. The second kappa shape index (κ2) is 15.2. The molecule has 0 aliphatic heterocycles. The molecule has 1 heterocycles. The molecule has 0 radical (unpaired) electrons. The highest BCUT2D eigenvalue weighted by atomic mass is 16.5. The Morgan fingerprint density at radius 2 is 1.61 bits per heavy atom. The van der Waals surface area contributed by atoms with Gasteiger partial charge in [0.15, 0.2) is 0 Å². The summed E-state index contributed by atoms with van der Waals surface area (Å²) in [6.45, 7) is 11.5. The molecule has 0 aliphatic carbocycles. The van der Waals surface area contributed by atoms with Crippen LogP contribution in [0.1, 0.15) is 80.7 Å². The molecule has 0 amide bonds. The molecule has 41 heavy (non-hydrogen) atoms. The maximum absolute atomic E-state index is 6.38. The van der Waals surface area contributed by atoms with E-state index in [1.54, 1.807) is 0 Å². The third-order valence-corrected chi connectivity index (χ3v) is 7.50. The maximum Gasteiger partial charge on any atom is 0.248 e. The van der Waals surface area contributed by atoms with Crippen molar-refractivity contribution in [1.29, 1.82) is 0 Å². The lowest BCUT2D eigenvalue weighted by atomic mass is 10.0. The molecule has 4 nitrogen and oxygen atoms in total. The van der Waals surface area contributed by atoms with Gasteiger partial charge in [-0.1, -0.05) is 105 Å². The molecule has 0 saturated carbocycles. The maximum atomic E-state index is 6.38. The Morgan fingerprint density at radius 1 is 0.854 bits per heavy atom. The van der Waals surface area contributed by atoms with E-state index in [9.17, 15) is 0 Å². The van der Waals surface area contributed by atoms with Crippen LogP contribution in [0.4, 0.5) is 0 Å². The van der Waals surface area contributed by atoms with Crippen molar-refractivity contribution in [3.05, 3.63) is 101 Å². The Labute approximate surface area is 246 Å². The van der Waals surface area contributed by atoms with Crippen molar-refractivity contribution in [3.63, 3.8) is 0 Å². The zero-order valence-corrected chi connectivity index (χ0v) is 25.3. The second-order valence-corrected chi connectivity index (χ2v) is 10.9. The molecule has 0 N–H and O–H groups in total. The number of hydrogen-bond donors (Lipinski definition) is 0. The Hall–Kier alpha value is -3.92. The summed E-state index contributed by atoms with van der Waals surface area (Å²) >= 11 is 0. The molecular weight excluding hydrogens is 504 g/mol. The zero-order chi connectivity index (χ0) is 29.0. The fourth-order valence-electron chi connectivity index (χ4n) is 4.89. The van der Waals surface area contributed by atoms with Gasteiger partial charge in [0.05, 0.1) is 6.61 Å². The SMILES string of the molecule is C/C=C/c1ccc(CC/C=C/c2ccc(C)cc2-c2nnc(-c3ccc(C)cc3)o2)cc1OCC(CC)CCCC. The first-order chi connectivity index (χ1) is 20.0. The van der Waals surface area contributed by atoms with Crippen molar-refractivity contribution >= 4 is 12.2 Å². The summed E-state index contributed by atoms with van der Waals surface area (Å²) < 4.78 is 12.5. The van der Waals surface area contributed by atoms with Gasteiger partial charge in [0.2, 0.25) is 11.8 Å². The molecule has 0 saturated heterocycles. The minimum Gasteiger partial charge on any atom is -0.493 e. The summed E-state index contributed by atoms with van der Waals surface area (Å²) in [7, 11) is 0. The van der Waals surface area contributed by atoms with Gasteiger partial charge in [-0.3, -0.25) is 0 Å². The molecule has 0 fully saturated rings. The van der Waals surface area contributed by atoms with Crippen LogP contribution in [0.5, 0.6) is 5.75 Å². The Kier molecular flexibility index (Phi) is 11.1. The number of aromatic nitrogens is 2. The molecule has 4 aromatic rings. The van der Waals surface area contributed by atoms with Gasteiger partial charge in [0.25, 0.3) is 0 Å². The third-order valence-electron chi connectivity index (χ3n) is 7.50. The fraction of sp³-hybridized carbons (Fsp3) is 0.351. The molecule has 1 aromatic heterocycles. The van der Waals surface area contributed by atoms with Crippen LogP contribution in [0.2, 0.25) is 0 Å². The van der Waals surface area contributed by atoms with E-state index >= 15 is 0 Å². The summed E-state index contributed by atoms with van der Waals surface area (Å²) in [6.07, 6.45) is 15.3. The van der Waals surface area contributed by atoms with Gasteiger partial charge in [-0.2, -0.15) is 0 Å². The second-order valence-electron chi connectivity index (χ2n) is 10.9. The van der Waals surface area contributed by atoms with E-state index in [4.69, 9.17) is 9.15 Å². The molecule has 0 spiro atoms. The first kappa shape index (κ1) is 30.0. The van der Waals surface area contributed by atoms with E-state index in [2.05, 4.69) is 118 Å². The highest BCUT2D eigenvalue weighted by molar-refractivity contribution is 5.71. The van der Waals surface area contributed by atoms with Crippen LogP contribution in [0.15, 0.2) is 77.2 Å². The first-order valence-electron chi connectivity index (χ1n) is 15.1. The van der Waals surface area contributed by atoms with Gasteiger partial charge in [-0.15, -0.1) is 10.2 Å². The van der Waals surface area contributed by atoms with Gasteiger partial charge < -0.3 is 9.15 Å². The van der Waals surface area contributed by atoms with E-state index in [-0.39, 0.29) is 0 Å². The number of unbranched alkanes of at least 4 members (excludes halogenated alkanes) is 1. The van der Waals surface area contributed by atoms with Crippen molar-refractivity contribution in [2.24, 2.45) is 5.92 Å². The monoisotopic (exact) mass is 548 g/mol. The number of allylic oxidation sites excluding steroid dienone is 2. The highest BCUT2D eigenvalue weighted by Gasteiger charge is 2.14. The van der Waals surface area contributed by atoms with Crippen LogP contribution in [-0.4, -0.2) is 16.8 Å². The lowest BCUT2D eigenvalue weighted by Crippen LogP contribution is -2.12. The predicted octanol–water partition coefficient (Wildman–Crippen LogP) is 10.3. The van der Waals surface area contributed by atoms with Gasteiger partial charge in [0, 0.05) is 16.7 Å². The van der Waals surface area contributed by atoms with Crippen molar-refractivity contribution < 1.29 is 9.15 Å². The molecule has 0 bridgehead atoms. The van der Waals surface area contributed by atoms with Crippen LogP contribution >= 0.6 is 0 Å². The Balaban J connectivity index is 1.44. The molecule has 214 valence electrons. The summed E-state index contributed by atoms with van der Waals surface area (Å²) in [5.41, 5.74) is 7.72. The van der Waals surface area contributed by atoms with Gasteiger partial charge in [-0.05, 0) is 81.3 Å². The number of hydrogen-bond acceptors (Lipinski definition) is 4. The number of ether oxygens (including phenoxy) is 1.